The number of carbonyl (C=O) groups is 1. The van der Waals surface area contributed by atoms with Crippen molar-refractivity contribution in [2.45, 2.75) is 19.4 Å². The number of ketones is 1. The Morgan fingerprint density at radius 2 is 1.96 bits per heavy atom. The number of halogens is 1. The van der Waals surface area contributed by atoms with Gasteiger partial charge in [0, 0.05) is 10.6 Å². The van der Waals surface area contributed by atoms with Crippen molar-refractivity contribution in [3.05, 3.63) is 64.2 Å². The smallest absolute Gasteiger partial charge is 0.189 e. The van der Waals surface area contributed by atoms with Gasteiger partial charge in [-0.3, -0.25) is 4.79 Å². The summed E-state index contributed by atoms with van der Waals surface area (Å²) in [6.45, 7) is 3.81. The maximum absolute atomic E-state index is 12.4. The Hall–Kier alpha value is -2.72. The maximum Gasteiger partial charge on any atom is 0.189 e. The minimum Gasteiger partial charge on any atom is -0.507 e. The highest BCUT2D eigenvalue weighted by Gasteiger charge is 2.25. The molecule has 2 aromatic carbocycles. The Morgan fingerprint density at radius 3 is 2.72 bits per heavy atom. The Kier molecular flexibility index (Phi) is 4.31. The number of hydrogen-bond donors (Lipinski definition) is 2. The number of allylic oxidation sites excluding steroid dienone is 1. The van der Waals surface area contributed by atoms with Crippen molar-refractivity contribution >= 4 is 29.5 Å². The van der Waals surface area contributed by atoms with Gasteiger partial charge in [-0.1, -0.05) is 11.6 Å². The Balaban J connectivity index is 1.91. The van der Waals surface area contributed by atoms with E-state index in [0.717, 1.165) is 0 Å². The van der Waals surface area contributed by atoms with Gasteiger partial charge in [0.15, 0.2) is 5.78 Å². The molecule has 128 valence electrons. The monoisotopic (exact) mass is 356 g/mol. The fourth-order valence-corrected chi connectivity index (χ4v) is 2.73. The number of phenols is 2. The molecule has 0 atom stereocenters. The van der Waals surface area contributed by atoms with Crippen molar-refractivity contribution in [1.82, 2.24) is 0 Å². The topological polar surface area (TPSA) is 66.8 Å². The average Bonchev–Trinajstić information content (AvgIpc) is 2.54. The van der Waals surface area contributed by atoms with Crippen LogP contribution in [0.15, 0.2) is 42.5 Å². The lowest BCUT2D eigenvalue weighted by atomic mass is 9.98. The molecule has 1 aliphatic heterocycles. The molecule has 1 heterocycles. The van der Waals surface area contributed by atoms with Crippen LogP contribution in [0.1, 0.15) is 35.3 Å². The van der Waals surface area contributed by atoms with Gasteiger partial charge >= 0.3 is 0 Å². The van der Waals surface area contributed by atoms with E-state index in [1.807, 2.05) is 19.9 Å². The van der Waals surface area contributed by atoms with Gasteiger partial charge in [0.25, 0.3) is 0 Å². The summed E-state index contributed by atoms with van der Waals surface area (Å²) in [5.41, 5.74) is 0.589. The van der Waals surface area contributed by atoms with Crippen molar-refractivity contribution in [2.24, 2.45) is 0 Å². The van der Waals surface area contributed by atoms with E-state index in [-0.39, 0.29) is 17.1 Å². The second-order valence-electron chi connectivity index (χ2n) is 6.31. The normalized spacial score (nSPS) is 15.0. The second kappa shape index (κ2) is 6.30. The zero-order chi connectivity index (χ0) is 18.2. The number of phenolic OH excluding ortho intramolecular Hbond substituents is 2. The maximum atomic E-state index is 12.4. The van der Waals surface area contributed by atoms with Gasteiger partial charge in [-0.15, -0.1) is 0 Å². The summed E-state index contributed by atoms with van der Waals surface area (Å²) in [6, 6.07) is 7.74. The Bertz CT molecular complexity index is 910. The molecule has 0 amide bonds. The lowest BCUT2D eigenvalue weighted by Crippen LogP contribution is -2.27. The molecule has 2 aromatic rings. The molecule has 0 radical (unpaired) electrons. The molecule has 3 rings (SSSR count). The molecule has 0 aliphatic carbocycles. The third-order valence-corrected chi connectivity index (χ3v) is 4.11. The average molecular weight is 357 g/mol. The highest BCUT2D eigenvalue weighted by molar-refractivity contribution is 6.30. The minimum atomic E-state index is -0.463. The van der Waals surface area contributed by atoms with E-state index in [2.05, 4.69) is 0 Å². The summed E-state index contributed by atoms with van der Waals surface area (Å²) in [4.78, 5) is 12.4. The first kappa shape index (κ1) is 17.1. The van der Waals surface area contributed by atoms with Gasteiger partial charge in [0.1, 0.15) is 22.8 Å². The van der Waals surface area contributed by atoms with Crippen LogP contribution in [-0.4, -0.2) is 21.6 Å². The number of carbonyl (C=O) groups excluding carboxylic acids is 1. The van der Waals surface area contributed by atoms with Crippen molar-refractivity contribution in [3.8, 4) is 17.2 Å². The molecule has 25 heavy (non-hydrogen) atoms. The van der Waals surface area contributed by atoms with E-state index in [0.29, 0.717) is 21.9 Å². The molecule has 0 fully saturated rings. The van der Waals surface area contributed by atoms with Crippen LogP contribution in [0, 0.1) is 0 Å². The van der Waals surface area contributed by atoms with E-state index in [9.17, 15) is 15.0 Å². The Morgan fingerprint density at radius 1 is 1.20 bits per heavy atom. The number of fused-ring (bicyclic) bond motifs is 1. The zero-order valence-electron chi connectivity index (χ0n) is 13.8. The van der Waals surface area contributed by atoms with Crippen molar-refractivity contribution < 1.29 is 19.7 Å². The molecular weight excluding hydrogens is 340 g/mol. The molecule has 0 aromatic heterocycles. The molecule has 0 saturated carbocycles. The fourth-order valence-electron chi connectivity index (χ4n) is 2.55. The summed E-state index contributed by atoms with van der Waals surface area (Å²) < 4.78 is 5.77. The standard InChI is InChI=1S/C20H17ClO4/c1-20(2)10-9-15-18(25-20)8-5-14(19(15)24)17(23)6-3-12-11-13(21)4-7-16(12)22/h3-11,22,24H,1-2H3/b6-3+. The van der Waals surface area contributed by atoms with E-state index in [4.69, 9.17) is 16.3 Å². The molecule has 4 nitrogen and oxygen atoms in total. The van der Waals surface area contributed by atoms with Crippen LogP contribution in [-0.2, 0) is 0 Å². The van der Waals surface area contributed by atoms with Crippen LogP contribution in [0.5, 0.6) is 17.2 Å². The van der Waals surface area contributed by atoms with E-state index >= 15 is 0 Å². The molecule has 0 bridgehead atoms. The summed E-state index contributed by atoms with van der Waals surface area (Å²) in [5.74, 6) is 0.0202. The predicted octanol–water partition coefficient (Wildman–Crippen LogP) is 4.83. The summed E-state index contributed by atoms with van der Waals surface area (Å²) in [6.07, 6.45) is 6.31. The minimum absolute atomic E-state index is 0.0154. The third-order valence-electron chi connectivity index (χ3n) is 3.87. The molecular formula is C20H17ClO4. The Labute approximate surface area is 150 Å². The van der Waals surface area contributed by atoms with Crippen molar-refractivity contribution in [3.63, 3.8) is 0 Å². The first-order valence-electron chi connectivity index (χ1n) is 7.72. The SMILES string of the molecule is CC1(C)C=Cc2c(ccc(C(=O)/C=C/c3cc(Cl)ccc3O)c2O)O1. The van der Waals surface area contributed by atoms with Gasteiger partial charge < -0.3 is 14.9 Å². The van der Waals surface area contributed by atoms with Crippen LogP contribution >= 0.6 is 11.6 Å². The quantitative estimate of drug-likeness (QED) is 0.610. The van der Waals surface area contributed by atoms with Crippen LogP contribution in [0.4, 0.5) is 0 Å². The number of aromatic hydroxyl groups is 2. The molecule has 0 spiro atoms. The van der Waals surface area contributed by atoms with Gasteiger partial charge in [-0.2, -0.15) is 0 Å². The molecule has 0 unspecified atom stereocenters. The van der Waals surface area contributed by atoms with Crippen LogP contribution in [0.2, 0.25) is 5.02 Å². The molecule has 0 saturated heterocycles. The van der Waals surface area contributed by atoms with E-state index in [1.165, 1.54) is 24.3 Å². The highest BCUT2D eigenvalue weighted by Crippen LogP contribution is 2.38. The van der Waals surface area contributed by atoms with Gasteiger partial charge in [0.05, 0.1) is 11.1 Å². The third kappa shape index (κ3) is 3.54. The zero-order valence-corrected chi connectivity index (χ0v) is 14.5. The number of benzene rings is 2. The van der Waals surface area contributed by atoms with Crippen molar-refractivity contribution in [2.75, 3.05) is 0 Å². The van der Waals surface area contributed by atoms with Crippen LogP contribution in [0.3, 0.4) is 0 Å². The summed E-state index contributed by atoms with van der Waals surface area (Å²) in [7, 11) is 0. The van der Waals surface area contributed by atoms with E-state index < -0.39 is 11.4 Å². The summed E-state index contributed by atoms with van der Waals surface area (Å²) in [5, 5.41) is 20.6. The van der Waals surface area contributed by atoms with Crippen LogP contribution in [0.25, 0.3) is 12.2 Å². The largest absolute Gasteiger partial charge is 0.507 e. The van der Waals surface area contributed by atoms with Crippen LogP contribution < -0.4 is 4.74 Å². The lowest BCUT2D eigenvalue weighted by Gasteiger charge is -2.28. The van der Waals surface area contributed by atoms with Gasteiger partial charge in [-0.25, -0.2) is 0 Å². The number of ether oxygens (including phenoxy) is 1. The first-order valence-corrected chi connectivity index (χ1v) is 8.10. The van der Waals surface area contributed by atoms with Crippen molar-refractivity contribution in [1.29, 1.82) is 0 Å². The predicted molar refractivity (Wildman–Crippen MR) is 98.3 cm³/mol. The van der Waals surface area contributed by atoms with Gasteiger partial charge in [-0.05, 0) is 68.5 Å². The highest BCUT2D eigenvalue weighted by atomic mass is 35.5. The molecule has 5 heteroatoms. The van der Waals surface area contributed by atoms with Gasteiger partial charge in [0.2, 0.25) is 0 Å². The number of hydrogen-bond acceptors (Lipinski definition) is 4. The number of rotatable bonds is 3. The second-order valence-corrected chi connectivity index (χ2v) is 6.75. The lowest BCUT2D eigenvalue weighted by molar-refractivity contribution is 0.104. The first-order chi connectivity index (χ1) is 11.8. The molecule has 2 N–H and O–H groups in total. The fraction of sp³-hybridized carbons (Fsp3) is 0.150. The van der Waals surface area contributed by atoms with E-state index in [1.54, 1.807) is 24.3 Å². The molecule has 1 aliphatic rings. The summed E-state index contributed by atoms with van der Waals surface area (Å²) >= 11 is 5.89.